The van der Waals surface area contributed by atoms with Gasteiger partial charge < -0.3 is 24.0 Å². The first-order valence-electron chi connectivity index (χ1n) is 12.5. The molecule has 3 fully saturated rings. The Balaban J connectivity index is 1.37. The van der Waals surface area contributed by atoms with E-state index >= 15 is 0 Å². The Morgan fingerprint density at radius 1 is 1.00 bits per heavy atom. The Kier molecular flexibility index (Phi) is 5.48. The molecule has 0 amide bonds. The largest absolute Gasteiger partial charge is 0.494 e. The van der Waals surface area contributed by atoms with Crippen molar-refractivity contribution in [3.05, 3.63) is 29.3 Å². The molecule has 4 aliphatic heterocycles. The van der Waals surface area contributed by atoms with E-state index in [1.807, 2.05) is 0 Å². The molecule has 2 aromatic rings. The number of hydrogen-bond donors (Lipinski definition) is 1. The van der Waals surface area contributed by atoms with Crippen molar-refractivity contribution in [2.45, 2.75) is 63.1 Å². The summed E-state index contributed by atoms with van der Waals surface area (Å²) in [6.45, 7) is 3.30. The maximum atomic E-state index is 11.4. The summed E-state index contributed by atoms with van der Waals surface area (Å²) in [7, 11) is 2.31. The molecule has 0 aliphatic carbocycles. The highest BCUT2D eigenvalue weighted by Gasteiger charge is 2.38. The van der Waals surface area contributed by atoms with E-state index in [1.54, 1.807) is 0 Å². The van der Waals surface area contributed by atoms with Crippen molar-refractivity contribution in [3.63, 3.8) is 0 Å². The van der Waals surface area contributed by atoms with Gasteiger partial charge in [0, 0.05) is 36.7 Å². The van der Waals surface area contributed by atoms with Gasteiger partial charge >= 0.3 is 0 Å². The summed E-state index contributed by atoms with van der Waals surface area (Å²) >= 11 is 0. The first-order valence-corrected chi connectivity index (χ1v) is 12.5. The molecule has 2 bridgehead atoms. The van der Waals surface area contributed by atoms with Crippen LogP contribution in [0, 0.1) is 5.92 Å². The number of rotatable bonds is 4. The van der Waals surface area contributed by atoms with E-state index in [0.29, 0.717) is 25.6 Å². The van der Waals surface area contributed by atoms with Crippen LogP contribution in [0.4, 0.5) is 0 Å². The van der Waals surface area contributed by atoms with Crippen LogP contribution in [0.2, 0.25) is 0 Å². The number of nitrogens with zero attached hydrogens (tertiary/aromatic N) is 3. The van der Waals surface area contributed by atoms with Crippen molar-refractivity contribution in [2.75, 3.05) is 40.0 Å². The van der Waals surface area contributed by atoms with E-state index < -0.39 is 0 Å². The van der Waals surface area contributed by atoms with Gasteiger partial charge in [0.2, 0.25) is 5.88 Å². The van der Waals surface area contributed by atoms with E-state index in [0.717, 1.165) is 72.7 Å². The van der Waals surface area contributed by atoms with Crippen LogP contribution in [0.25, 0.3) is 10.9 Å². The zero-order chi connectivity index (χ0) is 21.7. The second-order valence-corrected chi connectivity index (χ2v) is 10.2. The van der Waals surface area contributed by atoms with Crippen LogP contribution in [0.1, 0.15) is 55.7 Å². The number of benzene rings is 1. The van der Waals surface area contributed by atoms with E-state index in [9.17, 15) is 5.11 Å². The molecule has 3 atom stereocenters. The summed E-state index contributed by atoms with van der Waals surface area (Å²) in [6, 6.07) is 8.66. The van der Waals surface area contributed by atoms with Crippen molar-refractivity contribution in [1.82, 2.24) is 9.47 Å². The van der Waals surface area contributed by atoms with Gasteiger partial charge in [0.1, 0.15) is 0 Å². The fourth-order valence-electron chi connectivity index (χ4n) is 6.71. The second kappa shape index (κ2) is 8.47. The van der Waals surface area contributed by atoms with Gasteiger partial charge in [-0.05, 0) is 75.6 Å². The summed E-state index contributed by atoms with van der Waals surface area (Å²) in [5.74, 6) is 1.11. The maximum absolute atomic E-state index is 11.4. The van der Waals surface area contributed by atoms with E-state index in [2.05, 4.69) is 34.7 Å². The van der Waals surface area contributed by atoms with Crippen molar-refractivity contribution in [3.8, 4) is 5.88 Å². The van der Waals surface area contributed by atoms with Crippen LogP contribution < -0.4 is 0 Å². The van der Waals surface area contributed by atoms with Crippen LogP contribution >= 0.6 is 0 Å². The normalized spacial score (nSPS) is 29.5. The highest BCUT2D eigenvalue weighted by Crippen LogP contribution is 2.41. The van der Waals surface area contributed by atoms with E-state index in [1.165, 1.54) is 31.2 Å². The predicted octanol–water partition coefficient (Wildman–Crippen LogP) is 3.93. The van der Waals surface area contributed by atoms with Gasteiger partial charge in [0.25, 0.3) is 0 Å². The standard InChI is InChI=1S/C26H35N3O3/c1-28-20-3-4-21(28)14-18(13-20)12-17-2-5-24-22(15-17)25(23-16-32-11-8-27-23)26(30)29(24)19-6-9-31-10-7-19/h2,5,15,18-21,30H,3-4,6-14,16H2,1H3/t18?,20-,21?/m1/s1. The average molecular weight is 438 g/mol. The van der Waals surface area contributed by atoms with Gasteiger partial charge in [0.05, 0.1) is 36.6 Å². The van der Waals surface area contributed by atoms with E-state index in [4.69, 9.17) is 14.5 Å². The molecule has 0 saturated carbocycles. The van der Waals surface area contributed by atoms with Crippen LogP contribution in [-0.4, -0.2) is 72.4 Å². The third kappa shape index (κ3) is 3.57. The first kappa shape index (κ1) is 20.7. The first-order chi connectivity index (χ1) is 15.7. The molecular formula is C26H35N3O3. The molecule has 2 unspecified atom stereocenters. The molecule has 5 heterocycles. The highest BCUT2D eigenvalue weighted by atomic mass is 16.5. The fourth-order valence-corrected chi connectivity index (χ4v) is 6.71. The minimum atomic E-state index is 0.264. The van der Waals surface area contributed by atoms with Crippen molar-refractivity contribution >= 4 is 16.6 Å². The Hall–Kier alpha value is -1.89. The smallest absolute Gasteiger partial charge is 0.201 e. The van der Waals surface area contributed by atoms with Crippen LogP contribution in [0.3, 0.4) is 0 Å². The monoisotopic (exact) mass is 437 g/mol. The van der Waals surface area contributed by atoms with Crippen molar-refractivity contribution < 1.29 is 14.6 Å². The summed E-state index contributed by atoms with van der Waals surface area (Å²) in [4.78, 5) is 7.36. The molecule has 3 saturated heterocycles. The number of aliphatic imine (C=N–C) groups is 1. The molecule has 6 heteroatoms. The molecule has 1 aromatic carbocycles. The van der Waals surface area contributed by atoms with Crippen LogP contribution in [0.15, 0.2) is 23.2 Å². The molecule has 0 radical (unpaired) electrons. The molecular weight excluding hydrogens is 402 g/mol. The van der Waals surface area contributed by atoms with Crippen molar-refractivity contribution in [1.29, 1.82) is 0 Å². The predicted molar refractivity (Wildman–Crippen MR) is 126 cm³/mol. The maximum Gasteiger partial charge on any atom is 0.201 e. The lowest BCUT2D eigenvalue weighted by Gasteiger charge is -2.36. The number of piperidine rings is 1. The number of aromatic hydroxyl groups is 1. The topological polar surface area (TPSA) is 59.2 Å². The van der Waals surface area contributed by atoms with Gasteiger partial charge in [-0.25, -0.2) is 0 Å². The van der Waals surface area contributed by atoms with Crippen LogP contribution in [-0.2, 0) is 15.9 Å². The summed E-state index contributed by atoms with van der Waals surface area (Å²) in [6.07, 6.45) is 8.34. The van der Waals surface area contributed by atoms with Gasteiger partial charge in [-0.15, -0.1) is 0 Å². The Labute approximate surface area is 190 Å². The second-order valence-electron chi connectivity index (χ2n) is 10.2. The quantitative estimate of drug-likeness (QED) is 0.787. The minimum Gasteiger partial charge on any atom is -0.494 e. The Bertz CT molecular complexity index is 1010. The highest BCUT2D eigenvalue weighted by molar-refractivity contribution is 6.14. The third-order valence-electron chi connectivity index (χ3n) is 8.38. The van der Waals surface area contributed by atoms with Gasteiger partial charge in [-0.3, -0.25) is 4.99 Å². The Morgan fingerprint density at radius 3 is 2.50 bits per heavy atom. The van der Waals surface area contributed by atoms with E-state index in [-0.39, 0.29) is 6.04 Å². The summed E-state index contributed by atoms with van der Waals surface area (Å²) < 4.78 is 13.4. The van der Waals surface area contributed by atoms with Gasteiger partial charge in [-0.1, -0.05) is 6.07 Å². The lowest BCUT2D eigenvalue weighted by Crippen LogP contribution is -2.40. The molecule has 6 nitrogen and oxygen atoms in total. The summed E-state index contributed by atoms with van der Waals surface area (Å²) in [5, 5.41) is 12.5. The SMILES string of the molecule is CN1C2CC[C@@H]1CC(Cc1ccc3c(c1)c(C1=NCCOC1)c(O)n3C1CCOCC1)C2. The molecule has 6 rings (SSSR count). The molecule has 32 heavy (non-hydrogen) atoms. The Morgan fingerprint density at radius 2 is 1.78 bits per heavy atom. The lowest BCUT2D eigenvalue weighted by atomic mass is 9.86. The zero-order valence-corrected chi connectivity index (χ0v) is 19.1. The minimum absolute atomic E-state index is 0.264. The number of aromatic nitrogens is 1. The molecule has 172 valence electrons. The fraction of sp³-hybridized carbons (Fsp3) is 0.654. The molecule has 4 aliphatic rings. The number of ether oxygens (including phenoxy) is 2. The molecule has 0 spiro atoms. The lowest BCUT2D eigenvalue weighted by molar-refractivity contribution is 0.0688. The zero-order valence-electron chi connectivity index (χ0n) is 19.1. The molecule has 1 aromatic heterocycles. The number of hydrogen-bond acceptors (Lipinski definition) is 5. The summed E-state index contributed by atoms with van der Waals surface area (Å²) in [5.41, 5.74) is 4.27. The van der Waals surface area contributed by atoms with Crippen molar-refractivity contribution in [2.24, 2.45) is 10.9 Å². The average Bonchev–Trinajstić information content (AvgIpc) is 3.20. The molecule has 1 N–H and O–H groups in total. The third-order valence-corrected chi connectivity index (χ3v) is 8.38. The van der Waals surface area contributed by atoms with Gasteiger partial charge in [-0.2, -0.15) is 0 Å². The van der Waals surface area contributed by atoms with Crippen LogP contribution in [0.5, 0.6) is 5.88 Å². The van der Waals surface area contributed by atoms with Gasteiger partial charge in [0.15, 0.2) is 0 Å². The number of fused-ring (bicyclic) bond motifs is 3.